The smallest absolute Gasteiger partial charge is 0.279 e. The number of quaternary nitrogens is 2. The van der Waals surface area contributed by atoms with Crippen molar-refractivity contribution in [3.8, 4) is 0 Å². The van der Waals surface area contributed by atoms with E-state index in [2.05, 4.69) is 32.3 Å². The second kappa shape index (κ2) is 6.17. The van der Waals surface area contributed by atoms with E-state index in [1.807, 2.05) is 12.1 Å². The second-order valence-corrected chi connectivity index (χ2v) is 5.73. The quantitative estimate of drug-likeness (QED) is 0.620. The molecule has 104 valence electrons. The average Bonchev–Trinajstić information content (AvgIpc) is 2.37. The second-order valence-electron chi connectivity index (χ2n) is 5.73. The van der Waals surface area contributed by atoms with E-state index in [1.54, 1.807) is 4.90 Å². The molecule has 1 aliphatic rings. The molecule has 1 amide bonds. The summed E-state index contributed by atoms with van der Waals surface area (Å²) in [6.45, 7) is 9.23. The summed E-state index contributed by atoms with van der Waals surface area (Å²) < 4.78 is 0. The maximum Gasteiger partial charge on any atom is 0.279 e. The fourth-order valence-corrected chi connectivity index (χ4v) is 2.46. The van der Waals surface area contributed by atoms with Gasteiger partial charge in [-0.1, -0.05) is 6.07 Å². The molecular weight excluding hydrogens is 238 g/mol. The van der Waals surface area contributed by atoms with Crippen LogP contribution in [0.25, 0.3) is 0 Å². The lowest BCUT2D eigenvalue weighted by Crippen LogP contribution is -3.27. The highest BCUT2D eigenvalue weighted by Gasteiger charge is 2.22. The highest BCUT2D eigenvalue weighted by Crippen LogP contribution is 2.13. The van der Waals surface area contributed by atoms with Crippen molar-refractivity contribution in [1.82, 2.24) is 0 Å². The van der Waals surface area contributed by atoms with Gasteiger partial charge in [0.25, 0.3) is 5.91 Å². The lowest BCUT2D eigenvalue weighted by atomic mass is 10.1. The van der Waals surface area contributed by atoms with Gasteiger partial charge in [0.05, 0.1) is 7.05 Å². The SMILES string of the molecule is Cc1ccc(NC(=O)C[NH+]2CC[NH+](C)CC2)cc1C. The number of carbonyl (C=O) groups is 1. The fourth-order valence-electron chi connectivity index (χ4n) is 2.46. The molecule has 0 aliphatic carbocycles. The van der Waals surface area contributed by atoms with E-state index < -0.39 is 0 Å². The highest BCUT2D eigenvalue weighted by molar-refractivity contribution is 5.91. The van der Waals surface area contributed by atoms with Crippen LogP contribution in [0.4, 0.5) is 5.69 Å². The maximum absolute atomic E-state index is 12.0. The standard InChI is InChI=1S/C15H23N3O/c1-12-4-5-14(10-13(12)2)16-15(19)11-18-8-6-17(3)7-9-18/h4-5,10H,6-9,11H2,1-3H3,(H,16,19)/p+2. The molecule has 0 saturated carbocycles. The summed E-state index contributed by atoms with van der Waals surface area (Å²) in [6, 6.07) is 6.07. The van der Waals surface area contributed by atoms with Crippen LogP contribution in [-0.4, -0.2) is 45.7 Å². The average molecular weight is 263 g/mol. The molecule has 3 N–H and O–H groups in total. The van der Waals surface area contributed by atoms with E-state index in [4.69, 9.17) is 0 Å². The largest absolute Gasteiger partial charge is 0.328 e. The Morgan fingerprint density at radius 1 is 1.16 bits per heavy atom. The molecule has 1 fully saturated rings. The molecule has 1 saturated heterocycles. The van der Waals surface area contributed by atoms with Gasteiger partial charge < -0.3 is 15.1 Å². The van der Waals surface area contributed by atoms with Crippen molar-refractivity contribution in [3.05, 3.63) is 29.3 Å². The maximum atomic E-state index is 12.0. The summed E-state index contributed by atoms with van der Waals surface area (Å²) >= 11 is 0. The molecule has 1 heterocycles. The molecule has 1 aliphatic heterocycles. The Morgan fingerprint density at radius 2 is 1.84 bits per heavy atom. The minimum absolute atomic E-state index is 0.123. The zero-order valence-corrected chi connectivity index (χ0v) is 12.2. The molecule has 19 heavy (non-hydrogen) atoms. The number of carbonyl (C=O) groups excluding carboxylic acids is 1. The summed E-state index contributed by atoms with van der Waals surface area (Å²) in [6.07, 6.45) is 0. The predicted molar refractivity (Wildman–Crippen MR) is 76.7 cm³/mol. The third-order valence-electron chi connectivity index (χ3n) is 4.01. The normalized spacial score (nSPS) is 23.1. The molecule has 0 radical (unpaired) electrons. The molecule has 2 rings (SSSR count). The summed E-state index contributed by atoms with van der Waals surface area (Å²) in [5.74, 6) is 0.123. The van der Waals surface area contributed by atoms with Gasteiger partial charge in [0.1, 0.15) is 26.2 Å². The van der Waals surface area contributed by atoms with Gasteiger partial charge >= 0.3 is 0 Å². The van der Waals surface area contributed by atoms with Crippen molar-refractivity contribution < 1.29 is 14.6 Å². The zero-order valence-electron chi connectivity index (χ0n) is 12.2. The number of hydrogen-bond donors (Lipinski definition) is 3. The predicted octanol–water partition coefficient (Wildman–Crippen LogP) is -1.34. The van der Waals surface area contributed by atoms with Crippen LogP contribution in [0.1, 0.15) is 11.1 Å². The van der Waals surface area contributed by atoms with Gasteiger partial charge in [0, 0.05) is 5.69 Å². The van der Waals surface area contributed by atoms with E-state index in [1.165, 1.54) is 16.0 Å². The molecule has 1 aromatic carbocycles. The number of aryl methyl sites for hydroxylation is 2. The topological polar surface area (TPSA) is 38.0 Å². The zero-order chi connectivity index (χ0) is 13.8. The van der Waals surface area contributed by atoms with Crippen LogP contribution in [0.5, 0.6) is 0 Å². The number of nitrogens with one attached hydrogen (secondary N) is 3. The number of anilines is 1. The molecule has 0 atom stereocenters. The van der Waals surface area contributed by atoms with Crippen LogP contribution in [-0.2, 0) is 4.79 Å². The molecule has 4 heteroatoms. The third kappa shape index (κ3) is 4.04. The highest BCUT2D eigenvalue weighted by atomic mass is 16.2. The van der Waals surface area contributed by atoms with Gasteiger partial charge in [-0.15, -0.1) is 0 Å². The van der Waals surface area contributed by atoms with Gasteiger partial charge in [-0.3, -0.25) is 4.79 Å². The van der Waals surface area contributed by atoms with Crippen molar-refractivity contribution in [2.75, 3.05) is 45.1 Å². The lowest BCUT2D eigenvalue weighted by Gasteiger charge is -2.26. The van der Waals surface area contributed by atoms with E-state index in [-0.39, 0.29) is 5.91 Å². The van der Waals surface area contributed by atoms with Crippen LogP contribution in [0, 0.1) is 13.8 Å². The molecule has 0 aromatic heterocycles. The number of piperazine rings is 1. The van der Waals surface area contributed by atoms with Crippen molar-refractivity contribution in [3.63, 3.8) is 0 Å². The first-order valence-corrected chi connectivity index (χ1v) is 7.06. The third-order valence-corrected chi connectivity index (χ3v) is 4.01. The Kier molecular flexibility index (Phi) is 4.56. The summed E-state index contributed by atoms with van der Waals surface area (Å²) in [5, 5.41) is 3.00. The molecular formula is C15H25N3O+2. The van der Waals surface area contributed by atoms with Crippen LogP contribution < -0.4 is 15.1 Å². The summed E-state index contributed by atoms with van der Waals surface area (Å²) in [5.41, 5.74) is 3.38. The van der Waals surface area contributed by atoms with Crippen molar-refractivity contribution >= 4 is 11.6 Å². The van der Waals surface area contributed by atoms with Gasteiger partial charge in [-0.05, 0) is 37.1 Å². The monoisotopic (exact) mass is 263 g/mol. The number of benzene rings is 1. The fraction of sp³-hybridized carbons (Fsp3) is 0.533. The van der Waals surface area contributed by atoms with Gasteiger partial charge in [0.15, 0.2) is 6.54 Å². The molecule has 0 spiro atoms. The van der Waals surface area contributed by atoms with Gasteiger partial charge in [-0.2, -0.15) is 0 Å². The Labute approximate surface area is 115 Å². The first-order valence-electron chi connectivity index (χ1n) is 7.06. The minimum Gasteiger partial charge on any atom is -0.328 e. The van der Waals surface area contributed by atoms with E-state index in [9.17, 15) is 4.79 Å². The van der Waals surface area contributed by atoms with E-state index in [0.29, 0.717) is 6.54 Å². The molecule has 1 aromatic rings. The van der Waals surface area contributed by atoms with Crippen molar-refractivity contribution in [2.24, 2.45) is 0 Å². The minimum atomic E-state index is 0.123. The Hall–Kier alpha value is -1.39. The van der Waals surface area contributed by atoms with Crippen LogP contribution in [0.3, 0.4) is 0 Å². The van der Waals surface area contributed by atoms with E-state index in [0.717, 1.165) is 31.9 Å². The Bertz CT molecular complexity index is 451. The molecule has 0 unspecified atom stereocenters. The van der Waals surface area contributed by atoms with Gasteiger partial charge in [0.2, 0.25) is 0 Å². The van der Waals surface area contributed by atoms with Crippen molar-refractivity contribution in [2.45, 2.75) is 13.8 Å². The Balaban J connectivity index is 1.85. The van der Waals surface area contributed by atoms with Crippen LogP contribution in [0.2, 0.25) is 0 Å². The molecule has 0 bridgehead atoms. The van der Waals surface area contributed by atoms with Crippen molar-refractivity contribution in [1.29, 1.82) is 0 Å². The first kappa shape index (κ1) is 14.0. The lowest BCUT2D eigenvalue weighted by molar-refractivity contribution is -0.999. The number of hydrogen-bond acceptors (Lipinski definition) is 1. The number of rotatable bonds is 3. The van der Waals surface area contributed by atoms with E-state index >= 15 is 0 Å². The number of likely N-dealkylation sites (N-methyl/N-ethyl adjacent to an activating group) is 1. The summed E-state index contributed by atoms with van der Waals surface area (Å²) in [7, 11) is 2.21. The van der Waals surface area contributed by atoms with Crippen LogP contribution >= 0.6 is 0 Å². The van der Waals surface area contributed by atoms with Gasteiger partial charge in [-0.25, -0.2) is 0 Å². The Morgan fingerprint density at radius 3 is 2.47 bits per heavy atom. The number of amides is 1. The molecule has 4 nitrogen and oxygen atoms in total. The first-order chi connectivity index (χ1) is 9.04. The van der Waals surface area contributed by atoms with Crippen LogP contribution in [0.15, 0.2) is 18.2 Å². The summed E-state index contributed by atoms with van der Waals surface area (Å²) in [4.78, 5) is 15.0.